The topological polar surface area (TPSA) is 121 Å². The highest BCUT2D eigenvalue weighted by Crippen LogP contribution is 2.35. The van der Waals surface area contributed by atoms with E-state index in [0.29, 0.717) is 28.8 Å². The first-order valence-corrected chi connectivity index (χ1v) is 13.6. The third-order valence-corrected chi connectivity index (χ3v) is 8.08. The molecule has 0 unspecified atom stereocenters. The number of fused-ring (bicyclic) bond motifs is 3. The van der Waals surface area contributed by atoms with Crippen molar-refractivity contribution in [3.8, 4) is 11.8 Å². The van der Waals surface area contributed by atoms with Crippen molar-refractivity contribution < 1.29 is 27.9 Å². The summed E-state index contributed by atoms with van der Waals surface area (Å²) < 4.78 is 31.2. The standard InChI is InChI=1S/C29H27ClF2N6O4/c1-15-10-23-21(13-36(15)27(40)18-6-9-22(30)19(11-18)12-33)25-28(41)38(24(26(39)34-3)14-37(25)35-23)16(2)17-4-7-20(8-5-17)42-29(31)32/h4-9,11,15-16,24,29H,10,13-14H2,1-3H3,(H,34,39)/t15-,16-,24-/m1/s1. The van der Waals surface area contributed by atoms with Crippen LogP contribution in [0.5, 0.6) is 5.75 Å². The number of likely N-dealkylation sites (N-methyl/N-ethyl adjacent to an activating group) is 1. The lowest BCUT2D eigenvalue weighted by Gasteiger charge is -2.39. The average molecular weight is 597 g/mol. The highest BCUT2D eigenvalue weighted by molar-refractivity contribution is 6.31. The zero-order chi connectivity index (χ0) is 30.3. The van der Waals surface area contributed by atoms with Crippen LogP contribution < -0.4 is 10.1 Å². The van der Waals surface area contributed by atoms with Crippen LogP contribution >= 0.6 is 11.6 Å². The summed E-state index contributed by atoms with van der Waals surface area (Å²) in [5.41, 5.74) is 2.64. The summed E-state index contributed by atoms with van der Waals surface area (Å²) >= 11 is 6.05. The predicted molar refractivity (Wildman–Crippen MR) is 147 cm³/mol. The first kappa shape index (κ1) is 29.0. The largest absolute Gasteiger partial charge is 0.435 e. The predicted octanol–water partition coefficient (Wildman–Crippen LogP) is 3.93. The number of nitrogens with zero attached hydrogens (tertiary/aromatic N) is 5. The van der Waals surface area contributed by atoms with Crippen molar-refractivity contribution >= 4 is 29.3 Å². The minimum Gasteiger partial charge on any atom is -0.435 e. The normalized spacial score (nSPS) is 18.7. The summed E-state index contributed by atoms with van der Waals surface area (Å²) in [4.78, 5) is 43.8. The molecule has 0 saturated heterocycles. The number of benzene rings is 2. The van der Waals surface area contributed by atoms with Gasteiger partial charge in [-0.15, -0.1) is 0 Å². The SMILES string of the molecule is CNC(=O)[C@H]1Cn2nc3c(c2C(=O)N1[C@H](C)c1ccc(OC(F)F)cc1)CN(C(=O)c1ccc(Cl)c(C#N)c1)[C@H](C)C3. The fourth-order valence-corrected chi connectivity index (χ4v) is 5.73. The fraction of sp³-hybridized carbons (Fsp3) is 0.345. The van der Waals surface area contributed by atoms with Crippen LogP contribution in [-0.2, 0) is 24.3 Å². The van der Waals surface area contributed by atoms with Crippen molar-refractivity contribution in [1.29, 1.82) is 5.26 Å². The maximum atomic E-state index is 14.2. The zero-order valence-electron chi connectivity index (χ0n) is 23.0. The molecule has 3 atom stereocenters. The second-order valence-corrected chi connectivity index (χ2v) is 10.6. The molecule has 0 saturated carbocycles. The summed E-state index contributed by atoms with van der Waals surface area (Å²) in [6.07, 6.45) is 0.388. The van der Waals surface area contributed by atoms with Crippen molar-refractivity contribution in [3.63, 3.8) is 0 Å². The Labute approximate surface area is 245 Å². The van der Waals surface area contributed by atoms with Gasteiger partial charge in [-0.25, -0.2) is 0 Å². The maximum Gasteiger partial charge on any atom is 0.387 e. The molecule has 218 valence electrons. The number of ether oxygens (including phenoxy) is 1. The van der Waals surface area contributed by atoms with Gasteiger partial charge in [-0.05, 0) is 49.7 Å². The molecule has 13 heteroatoms. The van der Waals surface area contributed by atoms with Gasteiger partial charge in [-0.1, -0.05) is 23.7 Å². The van der Waals surface area contributed by atoms with Gasteiger partial charge < -0.3 is 19.9 Å². The molecule has 0 bridgehead atoms. The lowest BCUT2D eigenvalue weighted by atomic mass is 9.95. The zero-order valence-corrected chi connectivity index (χ0v) is 23.7. The van der Waals surface area contributed by atoms with Crippen molar-refractivity contribution in [2.45, 2.75) is 58.1 Å². The van der Waals surface area contributed by atoms with Gasteiger partial charge in [-0.3, -0.25) is 19.1 Å². The molecule has 0 spiro atoms. The highest BCUT2D eigenvalue weighted by atomic mass is 35.5. The molecule has 3 amide bonds. The van der Waals surface area contributed by atoms with E-state index in [1.165, 1.54) is 40.9 Å². The van der Waals surface area contributed by atoms with Gasteiger partial charge in [-0.2, -0.15) is 19.1 Å². The molecule has 0 aliphatic carbocycles. The Bertz CT molecular complexity index is 1600. The second-order valence-electron chi connectivity index (χ2n) is 10.2. The van der Waals surface area contributed by atoms with Gasteiger partial charge in [0.2, 0.25) is 5.91 Å². The maximum absolute atomic E-state index is 14.2. The molecule has 2 aliphatic heterocycles. The summed E-state index contributed by atoms with van der Waals surface area (Å²) in [6.45, 7) is 0.859. The number of aromatic nitrogens is 2. The number of hydrogen-bond acceptors (Lipinski definition) is 6. The Balaban J connectivity index is 1.49. The van der Waals surface area contributed by atoms with E-state index in [0.717, 1.165) is 0 Å². The Hall–Kier alpha value is -4.50. The van der Waals surface area contributed by atoms with E-state index in [4.69, 9.17) is 11.6 Å². The van der Waals surface area contributed by atoms with Crippen molar-refractivity contribution in [1.82, 2.24) is 24.9 Å². The van der Waals surface area contributed by atoms with E-state index >= 15 is 0 Å². The molecular formula is C29H27ClF2N6O4. The number of rotatable bonds is 6. The fourth-order valence-electron chi connectivity index (χ4n) is 5.57. The molecule has 42 heavy (non-hydrogen) atoms. The van der Waals surface area contributed by atoms with Gasteiger partial charge in [0.25, 0.3) is 11.8 Å². The molecular weight excluding hydrogens is 570 g/mol. The number of nitriles is 1. The quantitative estimate of drug-likeness (QED) is 0.460. The van der Waals surface area contributed by atoms with Crippen LogP contribution in [0.15, 0.2) is 42.5 Å². The Kier molecular flexibility index (Phi) is 7.88. The van der Waals surface area contributed by atoms with E-state index in [2.05, 4.69) is 15.2 Å². The molecule has 2 aromatic carbocycles. The monoisotopic (exact) mass is 596 g/mol. The molecule has 3 heterocycles. The van der Waals surface area contributed by atoms with Crippen molar-refractivity contribution in [3.05, 3.63) is 81.1 Å². The van der Waals surface area contributed by atoms with Crippen LogP contribution in [0.1, 0.15) is 63.1 Å². The van der Waals surface area contributed by atoms with Gasteiger partial charge in [0.05, 0.1) is 35.4 Å². The molecule has 1 N–H and O–H groups in total. The highest BCUT2D eigenvalue weighted by Gasteiger charge is 2.44. The number of hydrogen-bond donors (Lipinski definition) is 1. The summed E-state index contributed by atoms with van der Waals surface area (Å²) in [5, 5.41) is 16.9. The Morgan fingerprint density at radius 1 is 1.21 bits per heavy atom. The third kappa shape index (κ3) is 5.16. The van der Waals surface area contributed by atoms with Crippen LogP contribution in [0.25, 0.3) is 0 Å². The number of carbonyl (C=O) groups excluding carboxylic acids is 3. The molecule has 10 nitrogen and oxygen atoms in total. The van der Waals surface area contributed by atoms with Crippen LogP contribution in [0.3, 0.4) is 0 Å². The Morgan fingerprint density at radius 2 is 1.93 bits per heavy atom. The molecule has 2 aliphatic rings. The number of amides is 3. The molecule has 0 radical (unpaired) electrons. The lowest BCUT2D eigenvalue weighted by Crippen LogP contribution is -2.55. The lowest BCUT2D eigenvalue weighted by molar-refractivity contribution is -0.126. The Morgan fingerprint density at radius 3 is 2.57 bits per heavy atom. The summed E-state index contributed by atoms with van der Waals surface area (Å²) in [6, 6.07) is 10.6. The number of nitrogens with one attached hydrogen (secondary N) is 1. The van der Waals surface area contributed by atoms with E-state index in [1.54, 1.807) is 30.0 Å². The summed E-state index contributed by atoms with van der Waals surface area (Å²) in [7, 11) is 1.48. The van der Waals surface area contributed by atoms with Gasteiger partial charge in [0.1, 0.15) is 23.6 Å². The number of alkyl halides is 2. The molecule has 3 aromatic rings. The van der Waals surface area contributed by atoms with E-state index in [1.807, 2.05) is 13.0 Å². The molecule has 1 aromatic heterocycles. The number of carbonyl (C=O) groups is 3. The van der Waals surface area contributed by atoms with Gasteiger partial charge in [0, 0.05) is 30.6 Å². The average Bonchev–Trinajstić information content (AvgIpc) is 3.33. The van der Waals surface area contributed by atoms with E-state index in [9.17, 15) is 28.4 Å². The third-order valence-electron chi connectivity index (χ3n) is 7.75. The molecule has 0 fully saturated rings. The minimum atomic E-state index is -2.97. The van der Waals surface area contributed by atoms with Crippen LogP contribution in [0, 0.1) is 11.3 Å². The minimum absolute atomic E-state index is 0.0256. The van der Waals surface area contributed by atoms with Crippen LogP contribution in [-0.4, -0.2) is 63.0 Å². The van der Waals surface area contributed by atoms with Gasteiger partial charge in [0.15, 0.2) is 0 Å². The first-order valence-electron chi connectivity index (χ1n) is 13.2. The van der Waals surface area contributed by atoms with E-state index in [-0.39, 0.29) is 53.0 Å². The first-order chi connectivity index (χ1) is 20.0. The van der Waals surface area contributed by atoms with Crippen molar-refractivity contribution in [2.24, 2.45) is 0 Å². The van der Waals surface area contributed by atoms with Crippen LogP contribution in [0.4, 0.5) is 8.78 Å². The molecule has 5 rings (SSSR count). The van der Waals surface area contributed by atoms with Crippen LogP contribution in [0.2, 0.25) is 5.02 Å². The van der Waals surface area contributed by atoms with Crippen molar-refractivity contribution in [2.75, 3.05) is 7.05 Å². The van der Waals surface area contributed by atoms with Gasteiger partial charge >= 0.3 is 6.61 Å². The second kappa shape index (κ2) is 11.4. The number of halogens is 3. The van der Waals surface area contributed by atoms with E-state index < -0.39 is 24.6 Å². The summed E-state index contributed by atoms with van der Waals surface area (Å²) in [5.74, 6) is -1.16. The smallest absolute Gasteiger partial charge is 0.387 e.